The van der Waals surface area contributed by atoms with Gasteiger partial charge in [-0.15, -0.1) is 12.4 Å². The summed E-state index contributed by atoms with van der Waals surface area (Å²) in [7, 11) is 0. The number of hydrogen-bond acceptors (Lipinski definition) is 3. The van der Waals surface area contributed by atoms with E-state index in [1.54, 1.807) is 0 Å². The first-order valence-electron chi connectivity index (χ1n) is 9.33. The number of aliphatic hydroxyl groups excluding tert-OH is 1. The predicted molar refractivity (Wildman–Crippen MR) is 98.6 cm³/mol. The quantitative estimate of drug-likeness (QED) is 0.286. The standard InChI is InChI=1S/C18H39NO2.ClH/c1-3-5-6-7-8-9-10-11-12-13-18-21-19(15-4-2)16-14-17-20;/h20H,3-18H2,1-2H3;1H. The Hall–Kier alpha value is 0.170. The summed E-state index contributed by atoms with van der Waals surface area (Å²) in [5.74, 6) is 0. The fourth-order valence-electron chi connectivity index (χ4n) is 2.52. The second kappa shape index (κ2) is 21.2. The van der Waals surface area contributed by atoms with E-state index < -0.39 is 0 Å². The molecular weight excluding hydrogens is 298 g/mol. The van der Waals surface area contributed by atoms with E-state index in [1.165, 1.54) is 57.8 Å². The molecule has 0 heterocycles. The minimum atomic E-state index is 0. The minimum absolute atomic E-state index is 0. The molecule has 0 fully saturated rings. The van der Waals surface area contributed by atoms with Gasteiger partial charge in [0.2, 0.25) is 0 Å². The molecule has 0 aromatic carbocycles. The van der Waals surface area contributed by atoms with Gasteiger partial charge in [0.25, 0.3) is 0 Å². The first-order chi connectivity index (χ1) is 10.3. The van der Waals surface area contributed by atoms with Crippen LogP contribution < -0.4 is 0 Å². The van der Waals surface area contributed by atoms with E-state index in [1.807, 2.05) is 5.06 Å². The molecule has 0 aromatic rings. The molecule has 3 nitrogen and oxygen atoms in total. The maximum Gasteiger partial charge on any atom is 0.0685 e. The van der Waals surface area contributed by atoms with E-state index in [0.717, 1.165) is 39.0 Å². The summed E-state index contributed by atoms with van der Waals surface area (Å²) in [5, 5.41) is 10.9. The summed E-state index contributed by atoms with van der Waals surface area (Å²) in [6, 6.07) is 0. The van der Waals surface area contributed by atoms with Gasteiger partial charge in [-0.25, -0.2) is 0 Å². The Labute approximate surface area is 145 Å². The SMILES string of the molecule is CCCCCCCCCCCCON(CCC)CCCO.Cl. The van der Waals surface area contributed by atoms with Crippen molar-refractivity contribution in [3.8, 4) is 0 Å². The van der Waals surface area contributed by atoms with Gasteiger partial charge in [-0.1, -0.05) is 71.6 Å². The molecule has 0 saturated carbocycles. The Kier molecular flexibility index (Phi) is 23.5. The molecule has 0 aromatic heterocycles. The minimum Gasteiger partial charge on any atom is -0.396 e. The Morgan fingerprint density at radius 1 is 0.682 bits per heavy atom. The summed E-state index contributed by atoms with van der Waals surface area (Å²) in [6.07, 6.45) is 15.5. The summed E-state index contributed by atoms with van der Waals surface area (Å²) in [5.41, 5.74) is 0. The monoisotopic (exact) mass is 337 g/mol. The molecule has 0 aliphatic rings. The van der Waals surface area contributed by atoms with Crippen LogP contribution in [-0.2, 0) is 4.84 Å². The molecule has 136 valence electrons. The molecule has 0 aliphatic heterocycles. The van der Waals surface area contributed by atoms with Crippen LogP contribution in [0.1, 0.15) is 90.9 Å². The fraction of sp³-hybridized carbons (Fsp3) is 1.00. The first kappa shape index (κ1) is 24.4. The molecule has 0 saturated heterocycles. The normalized spacial score (nSPS) is 10.9. The number of hydroxylamine groups is 2. The summed E-state index contributed by atoms with van der Waals surface area (Å²) in [4.78, 5) is 5.78. The highest BCUT2D eigenvalue weighted by Crippen LogP contribution is 2.10. The van der Waals surface area contributed by atoms with E-state index >= 15 is 0 Å². The number of aliphatic hydroxyl groups is 1. The van der Waals surface area contributed by atoms with Gasteiger partial charge in [0.05, 0.1) is 6.61 Å². The molecule has 0 spiro atoms. The molecule has 0 amide bonds. The lowest BCUT2D eigenvalue weighted by molar-refractivity contribution is -0.161. The van der Waals surface area contributed by atoms with Gasteiger partial charge < -0.3 is 5.11 Å². The van der Waals surface area contributed by atoms with Crippen molar-refractivity contribution in [1.29, 1.82) is 0 Å². The number of rotatable bonds is 17. The Bertz CT molecular complexity index is 194. The maximum absolute atomic E-state index is 8.86. The Morgan fingerprint density at radius 2 is 1.23 bits per heavy atom. The maximum atomic E-state index is 8.86. The second-order valence-corrected chi connectivity index (χ2v) is 6.02. The van der Waals surface area contributed by atoms with Crippen LogP contribution in [0.2, 0.25) is 0 Å². The lowest BCUT2D eigenvalue weighted by atomic mass is 10.1. The highest BCUT2D eigenvalue weighted by atomic mass is 35.5. The average molecular weight is 338 g/mol. The van der Waals surface area contributed by atoms with Crippen molar-refractivity contribution in [2.75, 3.05) is 26.3 Å². The second-order valence-electron chi connectivity index (χ2n) is 6.02. The van der Waals surface area contributed by atoms with Crippen molar-refractivity contribution >= 4 is 12.4 Å². The van der Waals surface area contributed by atoms with Crippen LogP contribution in [-0.4, -0.2) is 36.5 Å². The molecule has 22 heavy (non-hydrogen) atoms. The molecule has 4 heteroatoms. The molecule has 0 aliphatic carbocycles. The number of halogens is 1. The topological polar surface area (TPSA) is 32.7 Å². The van der Waals surface area contributed by atoms with Crippen LogP contribution in [0.25, 0.3) is 0 Å². The lowest BCUT2D eigenvalue weighted by Gasteiger charge is -2.20. The fourth-order valence-corrected chi connectivity index (χ4v) is 2.52. The number of hydrogen-bond donors (Lipinski definition) is 1. The van der Waals surface area contributed by atoms with Gasteiger partial charge in [0, 0.05) is 19.7 Å². The van der Waals surface area contributed by atoms with Crippen LogP contribution in [0.3, 0.4) is 0 Å². The first-order valence-corrected chi connectivity index (χ1v) is 9.33. The molecular formula is C18H40ClNO2. The van der Waals surface area contributed by atoms with Crippen molar-refractivity contribution in [2.45, 2.75) is 90.9 Å². The van der Waals surface area contributed by atoms with E-state index in [0.29, 0.717) is 0 Å². The van der Waals surface area contributed by atoms with Gasteiger partial charge >= 0.3 is 0 Å². The largest absolute Gasteiger partial charge is 0.396 e. The molecule has 0 rings (SSSR count). The van der Waals surface area contributed by atoms with Crippen LogP contribution in [0, 0.1) is 0 Å². The third-order valence-corrected chi connectivity index (χ3v) is 3.81. The van der Waals surface area contributed by atoms with Crippen LogP contribution in [0.4, 0.5) is 0 Å². The van der Waals surface area contributed by atoms with Crippen LogP contribution >= 0.6 is 12.4 Å². The van der Waals surface area contributed by atoms with E-state index in [-0.39, 0.29) is 19.0 Å². The number of nitrogens with zero attached hydrogens (tertiary/aromatic N) is 1. The molecule has 0 radical (unpaired) electrons. The van der Waals surface area contributed by atoms with E-state index in [4.69, 9.17) is 9.94 Å². The summed E-state index contributed by atoms with van der Waals surface area (Å²) in [6.45, 7) is 7.34. The van der Waals surface area contributed by atoms with Crippen molar-refractivity contribution in [3.63, 3.8) is 0 Å². The van der Waals surface area contributed by atoms with Crippen LogP contribution in [0.5, 0.6) is 0 Å². The van der Waals surface area contributed by atoms with E-state index in [2.05, 4.69) is 13.8 Å². The molecule has 1 N–H and O–H groups in total. The van der Waals surface area contributed by atoms with Gasteiger partial charge in [-0.2, -0.15) is 5.06 Å². The number of unbranched alkanes of at least 4 members (excludes halogenated alkanes) is 9. The summed E-state index contributed by atoms with van der Waals surface area (Å²) >= 11 is 0. The Morgan fingerprint density at radius 3 is 1.73 bits per heavy atom. The third-order valence-electron chi connectivity index (χ3n) is 3.81. The molecule has 0 unspecified atom stereocenters. The zero-order valence-electron chi connectivity index (χ0n) is 15.0. The summed E-state index contributed by atoms with van der Waals surface area (Å²) < 4.78 is 0. The zero-order chi connectivity index (χ0) is 15.6. The third kappa shape index (κ3) is 18.2. The zero-order valence-corrected chi connectivity index (χ0v) is 15.8. The van der Waals surface area contributed by atoms with Crippen LogP contribution in [0.15, 0.2) is 0 Å². The molecule has 0 bridgehead atoms. The highest BCUT2D eigenvalue weighted by Gasteiger charge is 2.03. The average Bonchev–Trinajstić information content (AvgIpc) is 2.50. The Balaban J connectivity index is 0. The smallest absolute Gasteiger partial charge is 0.0685 e. The van der Waals surface area contributed by atoms with Crippen molar-refractivity contribution < 1.29 is 9.94 Å². The van der Waals surface area contributed by atoms with E-state index in [9.17, 15) is 0 Å². The highest BCUT2D eigenvalue weighted by molar-refractivity contribution is 5.85. The molecule has 0 atom stereocenters. The van der Waals surface area contributed by atoms with Gasteiger partial charge in [0.1, 0.15) is 0 Å². The van der Waals surface area contributed by atoms with Gasteiger partial charge in [-0.05, 0) is 19.3 Å². The van der Waals surface area contributed by atoms with Crippen molar-refractivity contribution in [2.24, 2.45) is 0 Å². The van der Waals surface area contributed by atoms with Gasteiger partial charge in [0.15, 0.2) is 0 Å². The van der Waals surface area contributed by atoms with Crippen molar-refractivity contribution in [3.05, 3.63) is 0 Å². The van der Waals surface area contributed by atoms with Gasteiger partial charge in [-0.3, -0.25) is 4.84 Å². The lowest BCUT2D eigenvalue weighted by Crippen LogP contribution is -2.27. The predicted octanol–water partition coefficient (Wildman–Crippen LogP) is 5.36. The van der Waals surface area contributed by atoms with Crippen molar-refractivity contribution in [1.82, 2.24) is 5.06 Å².